The van der Waals surface area contributed by atoms with Crippen LogP contribution in [0.2, 0.25) is 5.02 Å². The Balaban J connectivity index is 1.62. The van der Waals surface area contributed by atoms with Crippen molar-refractivity contribution in [1.82, 2.24) is 5.32 Å². The van der Waals surface area contributed by atoms with E-state index in [0.717, 1.165) is 31.2 Å². The van der Waals surface area contributed by atoms with Gasteiger partial charge >= 0.3 is 6.03 Å². The topological polar surface area (TPSA) is 41.1 Å². The van der Waals surface area contributed by atoms with Gasteiger partial charge in [0.2, 0.25) is 0 Å². The lowest BCUT2D eigenvalue weighted by atomic mass is 9.73. The molecule has 3 rings (SSSR count). The summed E-state index contributed by atoms with van der Waals surface area (Å²) in [6, 6.07) is 13.2. The van der Waals surface area contributed by atoms with E-state index in [1.807, 2.05) is 24.3 Å². The van der Waals surface area contributed by atoms with Crippen LogP contribution in [0.25, 0.3) is 0 Å². The summed E-state index contributed by atoms with van der Waals surface area (Å²) in [5.74, 6) is -0.325. The Kier molecular flexibility index (Phi) is 4.53. The second-order valence-electron chi connectivity index (χ2n) is 6.02. The molecule has 0 unspecified atom stereocenters. The third-order valence-corrected chi connectivity index (χ3v) is 4.50. The SMILES string of the molecule is O=C(Nc1ccc(F)cc1)NC1(Cc2ccc(Cl)cc2)CCC1. The van der Waals surface area contributed by atoms with Gasteiger partial charge in [-0.1, -0.05) is 23.7 Å². The Hall–Kier alpha value is -2.07. The maximum atomic E-state index is 12.9. The Labute approximate surface area is 139 Å². The highest BCUT2D eigenvalue weighted by Crippen LogP contribution is 2.35. The molecule has 3 nitrogen and oxygen atoms in total. The van der Waals surface area contributed by atoms with Crippen LogP contribution < -0.4 is 10.6 Å². The second kappa shape index (κ2) is 6.59. The number of urea groups is 1. The van der Waals surface area contributed by atoms with Crippen LogP contribution in [0.1, 0.15) is 24.8 Å². The highest BCUT2D eigenvalue weighted by molar-refractivity contribution is 6.30. The molecule has 0 bridgehead atoms. The molecule has 1 aliphatic rings. The lowest BCUT2D eigenvalue weighted by molar-refractivity contribution is 0.183. The summed E-state index contributed by atoms with van der Waals surface area (Å²) < 4.78 is 12.9. The number of anilines is 1. The third-order valence-electron chi connectivity index (χ3n) is 4.25. The minimum absolute atomic E-state index is 0.210. The Morgan fingerprint density at radius 1 is 1.09 bits per heavy atom. The van der Waals surface area contributed by atoms with Crippen LogP contribution in [-0.4, -0.2) is 11.6 Å². The summed E-state index contributed by atoms with van der Waals surface area (Å²) in [7, 11) is 0. The summed E-state index contributed by atoms with van der Waals surface area (Å²) in [4.78, 5) is 12.2. The van der Waals surface area contributed by atoms with Crippen molar-refractivity contribution in [3.8, 4) is 0 Å². The largest absolute Gasteiger partial charge is 0.332 e. The van der Waals surface area contributed by atoms with Gasteiger partial charge in [-0.3, -0.25) is 0 Å². The molecule has 120 valence electrons. The number of halogens is 2. The third kappa shape index (κ3) is 4.02. The van der Waals surface area contributed by atoms with Crippen LogP contribution in [0, 0.1) is 5.82 Å². The molecular formula is C18H18ClFN2O. The van der Waals surface area contributed by atoms with E-state index in [-0.39, 0.29) is 17.4 Å². The van der Waals surface area contributed by atoms with Crippen molar-refractivity contribution < 1.29 is 9.18 Å². The lowest BCUT2D eigenvalue weighted by Crippen LogP contribution is -2.56. The van der Waals surface area contributed by atoms with E-state index in [2.05, 4.69) is 10.6 Å². The number of hydrogen-bond acceptors (Lipinski definition) is 1. The molecule has 2 amide bonds. The van der Waals surface area contributed by atoms with Gasteiger partial charge in [0.1, 0.15) is 5.82 Å². The van der Waals surface area contributed by atoms with Crippen molar-refractivity contribution in [3.05, 3.63) is 64.9 Å². The molecule has 0 aromatic heterocycles. The van der Waals surface area contributed by atoms with Crippen LogP contribution in [0.5, 0.6) is 0 Å². The number of rotatable bonds is 4. The van der Waals surface area contributed by atoms with Crippen molar-refractivity contribution in [2.75, 3.05) is 5.32 Å². The predicted octanol–water partition coefficient (Wildman–Crippen LogP) is 4.77. The zero-order chi connectivity index (χ0) is 16.3. The fourth-order valence-corrected chi connectivity index (χ4v) is 3.00. The normalized spacial score (nSPS) is 15.6. The van der Waals surface area contributed by atoms with Gasteiger partial charge in [-0.2, -0.15) is 0 Å². The number of carbonyl (C=O) groups is 1. The Bertz CT molecular complexity index is 681. The maximum Gasteiger partial charge on any atom is 0.319 e. The van der Waals surface area contributed by atoms with Crippen LogP contribution >= 0.6 is 11.6 Å². The number of nitrogens with one attached hydrogen (secondary N) is 2. The summed E-state index contributed by atoms with van der Waals surface area (Å²) in [5, 5.41) is 6.54. The first-order valence-electron chi connectivity index (χ1n) is 7.64. The fourth-order valence-electron chi connectivity index (χ4n) is 2.88. The molecule has 2 aromatic rings. The zero-order valence-electron chi connectivity index (χ0n) is 12.6. The first kappa shape index (κ1) is 15.8. The van der Waals surface area contributed by atoms with Gasteiger partial charge in [0.05, 0.1) is 0 Å². The van der Waals surface area contributed by atoms with Gasteiger partial charge in [0.25, 0.3) is 0 Å². The predicted molar refractivity (Wildman–Crippen MR) is 90.3 cm³/mol. The molecule has 1 saturated carbocycles. The molecule has 2 N–H and O–H groups in total. The van der Waals surface area contributed by atoms with E-state index in [0.29, 0.717) is 10.7 Å². The van der Waals surface area contributed by atoms with Crippen molar-refractivity contribution in [3.63, 3.8) is 0 Å². The molecule has 2 aromatic carbocycles. The maximum absolute atomic E-state index is 12.9. The number of amides is 2. The van der Waals surface area contributed by atoms with E-state index in [1.54, 1.807) is 12.1 Å². The van der Waals surface area contributed by atoms with Crippen molar-refractivity contribution in [1.29, 1.82) is 0 Å². The van der Waals surface area contributed by atoms with Crippen LogP contribution in [0.15, 0.2) is 48.5 Å². The number of hydrogen-bond donors (Lipinski definition) is 2. The minimum Gasteiger partial charge on any atom is -0.332 e. The molecule has 0 radical (unpaired) electrons. The number of benzene rings is 2. The lowest BCUT2D eigenvalue weighted by Gasteiger charge is -2.42. The highest BCUT2D eigenvalue weighted by Gasteiger charge is 2.38. The van der Waals surface area contributed by atoms with Crippen LogP contribution in [0.3, 0.4) is 0 Å². The molecule has 0 heterocycles. The highest BCUT2D eigenvalue weighted by atomic mass is 35.5. The average molecular weight is 333 g/mol. The Morgan fingerprint density at radius 3 is 2.30 bits per heavy atom. The monoisotopic (exact) mass is 332 g/mol. The quantitative estimate of drug-likeness (QED) is 0.832. The first-order chi connectivity index (χ1) is 11.0. The standard InChI is InChI=1S/C18H18ClFN2O/c19-14-4-2-13(3-5-14)12-18(10-1-11-18)22-17(23)21-16-8-6-15(20)7-9-16/h2-9H,1,10-12H2,(H2,21,22,23). The Morgan fingerprint density at radius 2 is 1.74 bits per heavy atom. The summed E-state index contributed by atoms with van der Waals surface area (Å²) in [5.41, 5.74) is 1.51. The van der Waals surface area contributed by atoms with Crippen LogP contribution in [0.4, 0.5) is 14.9 Å². The molecule has 0 atom stereocenters. The van der Waals surface area contributed by atoms with Gasteiger partial charge < -0.3 is 10.6 Å². The van der Waals surface area contributed by atoms with Gasteiger partial charge in [-0.15, -0.1) is 0 Å². The van der Waals surface area contributed by atoms with E-state index >= 15 is 0 Å². The zero-order valence-corrected chi connectivity index (χ0v) is 13.4. The van der Waals surface area contributed by atoms with Gasteiger partial charge in [-0.05, 0) is 67.6 Å². The molecule has 5 heteroatoms. The molecule has 23 heavy (non-hydrogen) atoms. The number of carbonyl (C=O) groups excluding carboxylic acids is 1. The molecule has 0 saturated heterocycles. The van der Waals surface area contributed by atoms with E-state index in [1.165, 1.54) is 12.1 Å². The summed E-state index contributed by atoms with van der Waals surface area (Å²) in [6.45, 7) is 0. The molecule has 0 aliphatic heterocycles. The summed E-state index contributed by atoms with van der Waals surface area (Å²) >= 11 is 5.91. The van der Waals surface area contributed by atoms with Crippen molar-refractivity contribution in [2.45, 2.75) is 31.2 Å². The van der Waals surface area contributed by atoms with Crippen LogP contribution in [-0.2, 0) is 6.42 Å². The molecule has 1 fully saturated rings. The van der Waals surface area contributed by atoms with Crippen molar-refractivity contribution >= 4 is 23.3 Å². The van der Waals surface area contributed by atoms with E-state index < -0.39 is 0 Å². The molecular weight excluding hydrogens is 315 g/mol. The van der Waals surface area contributed by atoms with Gasteiger partial charge in [-0.25, -0.2) is 9.18 Å². The van der Waals surface area contributed by atoms with Crippen molar-refractivity contribution in [2.24, 2.45) is 0 Å². The van der Waals surface area contributed by atoms with E-state index in [4.69, 9.17) is 11.6 Å². The average Bonchev–Trinajstić information content (AvgIpc) is 2.49. The fraction of sp³-hybridized carbons (Fsp3) is 0.278. The summed E-state index contributed by atoms with van der Waals surface area (Å²) in [6.07, 6.45) is 3.78. The van der Waals surface area contributed by atoms with Gasteiger partial charge in [0, 0.05) is 16.2 Å². The minimum atomic E-state index is -0.325. The van der Waals surface area contributed by atoms with Gasteiger partial charge in [0.15, 0.2) is 0 Å². The molecule has 0 spiro atoms. The molecule has 1 aliphatic carbocycles. The smallest absolute Gasteiger partial charge is 0.319 e. The first-order valence-corrected chi connectivity index (χ1v) is 8.02. The van der Waals surface area contributed by atoms with E-state index in [9.17, 15) is 9.18 Å². The second-order valence-corrected chi connectivity index (χ2v) is 6.46.